The van der Waals surface area contributed by atoms with E-state index in [0.29, 0.717) is 12.3 Å². The lowest BCUT2D eigenvalue weighted by Crippen LogP contribution is -2.11. The number of aromatic nitrogens is 4. The fourth-order valence-electron chi connectivity index (χ4n) is 2.33. The van der Waals surface area contributed by atoms with Gasteiger partial charge in [-0.2, -0.15) is 15.0 Å². The summed E-state index contributed by atoms with van der Waals surface area (Å²) in [5, 5.41) is 8.97. The third kappa shape index (κ3) is 3.81. The first-order valence-electron chi connectivity index (χ1n) is 7.68. The zero-order valence-corrected chi connectivity index (χ0v) is 14.0. The van der Waals surface area contributed by atoms with Gasteiger partial charge in [0.1, 0.15) is 6.61 Å². The molecule has 2 heterocycles. The quantitative estimate of drug-likeness (QED) is 0.475. The molecule has 10 nitrogen and oxygen atoms in total. The van der Waals surface area contributed by atoms with Crippen LogP contribution in [0.2, 0.25) is 0 Å². The van der Waals surface area contributed by atoms with E-state index in [4.69, 9.17) is 25.1 Å². The Hall–Kier alpha value is -3.40. The molecule has 0 aliphatic rings. The van der Waals surface area contributed by atoms with E-state index in [1.807, 2.05) is 30.3 Å². The molecule has 0 saturated carbocycles. The minimum atomic E-state index is -1.49. The number of hydrogen-bond acceptors (Lipinski definition) is 8. The predicted molar refractivity (Wildman–Crippen MR) is 91.3 cm³/mol. The summed E-state index contributed by atoms with van der Waals surface area (Å²) in [5.41, 5.74) is 7.37. The van der Waals surface area contributed by atoms with Crippen molar-refractivity contribution in [2.24, 2.45) is 0 Å². The maximum atomic E-state index is 11.0. The molecule has 0 radical (unpaired) electrons. The SMILES string of the molecule is COCCOc1nc(N)c2nc(OC(=O)O)n(Cc3ccccc3)c2n1. The minimum absolute atomic E-state index is 0.0446. The molecule has 2 aromatic heterocycles. The molecular formula is C16H17N5O5. The van der Waals surface area contributed by atoms with E-state index >= 15 is 0 Å². The molecule has 3 rings (SSSR count). The molecule has 0 unspecified atom stereocenters. The van der Waals surface area contributed by atoms with E-state index in [-0.39, 0.29) is 36.5 Å². The molecule has 0 atom stereocenters. The molecule has 0 fully saturated rings. The van der Waals surface area contributed by atoms with Crippen LogP contribution in [0.5, 0.6) is 12.0 Å². The lowest BCUT2D eigenvalue weighted by molar-refractivity contribution is 0.139. The summed E-state index contributed by atoms with van der Waals surface area (Å²) < 4.78 is 16.6. The van der Waals surface area contributed by atoms with E-state index < -0.39 is 6.16 Å². The number of fused-ring (bicyclic) bond motifs is 1. The fraction of sp³-hybridized carbons (Fsp3) is 0.250. The standard InChI is InChI=1S/C16H17N5O5/c1-24-7-8-25-14-19-12(17)11-13(20-14)21(15(18-11)26-16(22)23)9-10-5-3-2-4-6-10/h2-6H,7-9H2,1H3,(H,22,23)(H2,17,19,20). The maximum absolute atomic E-state index is 11.0. The van der Waals surface area contributed by atoms with Gasteiger partial charge in [-0.3, -0.25) is 4.57 Å². The summed E-state index contributed by atoms with van der Waals surface area (Å²) in [7, 11) is 1.55. The molecule has 0 spiro atoms. The zero-order chi connectivity index (χ0) is 18.5. The molecular weight excluding hydrogens is 342 g/mol. The summed E-state index contributed by atoms with van der Waals surface area (Å²) in [6, 6.07) is 9.29. The van der Waals surface area contributed by atoms with E-state index in [2.05, 4.69) is 15.0 Å². The Kier molecular flexibility index (Phi) is 5.13. The summed E-state index contributed by atoms with van der Waals surface area (Å²) in [6.45, 7) is 0.888. The van der Waals surface area contributed by atoms with Gasteiger partial charge < -0.3 is 25.1 Å². The number of nitrogen functional groups attached to an aromatic ring is 1. The van der Waals surface area contributed by atoms with Crippen LogP contribution in [0, 0.1) is 0 Å². The summed E-state index contributed by atoms with van der Waals surface area (Å²) in [6.07, 6.45) is -1.49. The van der Waals surface area contributed by atoms with Gasteiger partial charge in [-0.1, -0.05) is 30.3 Å². The Balaban J connectivity index is 2.05. The minimum Gasteiger partial charge on any atom is -0.461 e. The average Bonchev–Trinajstić information content (AvgIpc) is 2.94. The van der Waals surface area contributed by atoms with Crippen LogP contribution in [-0.4, -0.2) is 51.1 Å². The van der Waals surface area contributed by atoms with Crippen LogP contribution in [0.4, 0.5) is 10.6 Å². The highest BCUT2D eigenvalue weighted by Crippen LogP contribution is 2.26. The van der Waals surface area contributed by atoms with Crippen molar-refractivity contribution < 1.29 is 24.1 Å². The second kappa shape index (κ2) is 7.66. The highest BCUT2D eigenvalue weighted by atomic mass is 16.7. The molecule has 10 heteroatoms. The van der Waals surface area contributed by atoms with Gasteiger partial charge in [-0.15, -0.1) is 0 Å². The predicted octanol–water partition coefficient (Wildman–Crippen LogP) is 1.54. The maximum Gasteiger partial charge on any atom is 0.513 e. The summed E-state index contributed by atoms with van der Waals surface area (Å²) in [4.78, 5) is 23.4. The van der Waals surface area contributed by atoms with Crippen LogP contribution in [-0.2, 0) is 11.3 Å². The van der Waals surface area contributed by atoms with Crippen molar-refractivity contribution in [2.75, 3.05) is 26.1 Å². The molecule has 0 amide bonds. The molecule has 136 valence electrons. The first-order valence-corrected chi connectivity index (χ1v) is 7.68. The lowest BCUT2D eigenvalue weighted by Gasteiger charge is -2.08. The number of anilines is 1. The van der Waals surface area contributed by atoms with Crippen LogP contribution in [0.15, 0.2) is 30.3 Å². The molecule has 0 aliphatic carbocycles. The van der Waals surface area contributed by atoms with Crippen LogP contribution in [0.25, 0.3) is 11.2 Å². The average molecular weight is 359 g/mol. The van der Waals surface area contributed by atoms with E-state index in [9.17, 15) is 4.79 Å². The van der Waals surface area contributed by atoms with E-state index in [1.165, 1.54) is 4.57 Å². The van der Waals surface area contributed by atoms with Gasteiger partial charge >= 0.3 is 18.2 Å². The number of carboxylic acid groups (broad SMARTS) is 1. The van der Waals surface area contributed by atoms with Gasteiger partial charge in [-0.05, 0) is 5.56 Å². The Morgan fingerprint density at radius 1 is 1.19 bits per heavy atom. The number of carbonyl (C=O) groups is 1. The van der Waals surface area contributed by atoms with Gasteiger partial charge in [0.15, 0.2) is 17.0 Å². The first-order chi connectivity index (χ1) is 12.6. The fourth-order valence-corrected chi connectivity index (χ4v) is 2.33. The van der Waals surface area contributed by atoms with Gasteiger partial charge in [-0.25, -0.2) is 4.79 Å². The first kappa shape index (κ1) is 17.4. The monoisotopic (exact) mass is 359 g/mol. The second-order valence-corrected chi connectivity index (χ2v) is 5.24. The van der Waals surface area contributed by atoms with E-state index in [0.717, 1.165) is 5.56 Å². The second-order valence-electron chi connectivity index (χ2n) is 5.24. The van der Waals surface area contributed by atoms with Crippen LogP contribution >= 0.6 is 0 Å². The molecule has 3 aromatic rings. The van der Waals surface area contributed by atoms with Crippen molar-refractivity contribution in [1.82, 2.24) is 19.5 Å². The molecule has 0 saturated heterocycles. The number of nitrogens with zero attached hydrogens (tertiary/aromatic N) is 4. The molecule has 1 aromatic carbocycles. The number of methoxy groups -OCH3 is 1. The Morgan fingerprint density at radius 2 is 1.96 bits per heavy atom. The summed E-state index contributed by atoms with van der Waals surface area (Å²) in [5.74, 6) is 0.0597. The Labute approximate surface area is 148 Å². The Morgan fingerprint density at radius 3 is 2.65 bits per heavy atom. The largest absolute Gasteiger partial charge is 0.513 e. The molecule has 26 heavy (non-hydrogen) atoms. The van der Waals surface area contributed by atoms with Gasteiger partial charge in [0, 0.05) is 7.11 Å². The number of nitrogens with two attached hydrogens (primary N) is 1. The van der Waals surface area contributed by atoms with E-state index in [1.54, 1.807) is 7.11 Å². The Bertz CT molecular complexity index is 912. The van der Waals surface area contributed by atoms with Gasteiger partial charge in [0.2, 0.25) is 0 Å². The number of rotatable bonds is 7. The topological polar surface area (TPSA) is 135 Å². The lowest BCUT2D eigenvalue weighted by atomic mass is 10.2. The smallest absolute Gasteiger partial charge is 0.461 e. The van der Waals surface area contributed by atoms with Crippen LogP contribution in [0.3, 0.4) is 0 Å². The summed E-state index contributed by atoms with van der Waals surface area (Å²) >= 11 is 0. The van der Waals surface area contributed by atoms with Crippen molar-refractivity contribution in [3.8, 4) is 12.0 Å². The molecule has 0 aliphatic heterocycles. The van der Waals surface area contributed by atoms with Crippen molar-refractivity contribution in [3.63, 3.8) is 0 Å². The van der Waals surface area contributed by atoms with Crippen molar-refractivity contribution in [2.45, 2.75) is 6.54 Å². The van der Waals surface area contributed by atoms with Gasteiger partial charge in [0.05, 0.1) is 13.2 Å². The number of hydrogen-bond donors (Lipinski definition) is 2. The van der Waals surface area contributed by atoms with Crippen molar-refractivity contribution in [1.29, 1.82) is 0 Å². The third-order valence-corrected chi connectivity index (χ3v) is 3.45. The third-order valence-electron chi connectivity index (χ3n) is 3.45. The van der Waals surface area contributed by atoms with Crippen LogP contribution in [0.1, 0.15) is 5.56 Å². The number of imidazole rings is 1. The van der Waals surface area contributed by atoms with Crippen molar-refractivity contribution >= 4 is 23.1 Å². The molecule has 3 N–H and O–H groups in total. The highest BCUT2D eigenvalue weighted by Gasteiger charge is 2.20. The van der Waals surface area contributed by atoms with Crippen molar-refractivity contribution in [3.05, 3.63) is 35.9 Å². The van der Waals surface area contributed by atoms with Crippen LogP contribution < -0.4 is 15.2 Å². The molecule has 0 bridgehead atoms. The zero-order valence-electron chi connectivity index (χ0n) is 14.0. The number of ether oxygens (including phenoxy) is 3. The normalized spacial score (nSPS) is 10.8. The highest BCUT2D eigenvalue weighted by molar-refractivity contribution is 5.83. The number of benzene rings is 1. The van der Waals surface area contributed by atoms with Gasteiger partial charge in [0.25, 0.3) is 0 Å².